The summed E-state index contributed by atoms with van der Waals surface area (Å²) in [5.74, 6) is 10.0. The number of nitro groups is 1. The molecule has 1 aliphatic heterocycles. The zero-order valence-corrected chi connectivity index (χ0v) is 26.3. The second kappa shape index (κ2) is 13.5. The number of hydrogen-bond donors (Lipinski definition) is 0. The van der Waals surface area contributed by atoms with E-state index in [-0.39, 0.29) is 18.1 Å². The van der Waals surface area contributed by atoms with Crippen LogP contribution in [0.25, 0.3) is 5.57 Å². The summed E-state index contributed by atoms with van der Waals surface area (Å²) < 4.78 is 11.8. The van der Waals surface area contributed by atoms with E-state index in [0.717, 1.165) is 5.57 Å². The molecule has 0 radical (unpaired) electrons. The Morgan fingerprint density at radius 1 is 1.00 bits per heavy atom. The first-order valence-electron chi connectivity index (χ1n) is 14.6. The van der Waals surface area contributed by atoms with E-state index in [0.29, 0.717) is 53.1 Å². The van der Waals surface area contributed by atoms with Crippen LogP contribution >= 0.6 is 0 Å². The van der Waals surface area contributed by atoms with Crippen LogP contribution in [0.5, 0.6) is 11.5 Å². The molecule has 9 heteroatoms. The van der Waals surface area contributed by atoms with Crippen LogP contribution in [0.2, 0.25) is 19.6 Å². The molecule has 0 aromatic heterocycles. The summed E-state index contributed by atoms with van der Waals surface area (Å²) in [6.45, 7) is 6.40. The van der Waals surface area contributed by atoms with Crippen molar-refractivity contribution in [2.75, 3.05) is 4.90 Å². The van der Waals surface area contributed by atoms with Crippen LogP contribution in [-0.2, 0) is 11.4 Å². The predicted octanol–water partition coefficient (Wildman–Crippen LogP) is 7.51. The van der Waals surface area contributed by atoms with Gasteiger partial charge in [-0.25, -0.2) is 4.79 Å². The summed E-state index contributed by atoms with van der Waals surface area (Å²) >= 11 is 0. The minimum atomic E-state index is -1.55. The quantitative estimate of drug-likeness (QED) is 0.127. The smallest absolute Gasteiger partial charge is 0.421 e. The Balaban J connectivity index is 1.57. The highest BCUT2D eigenvalue weighted by Crippen LogP contribution is 2.45. The van der Waals surface area contributed by atoms with Crippen molar-refractivity contribution in [3.8, 4) is 34.8 Å². The van der Waals surface area contributed by atoms with Crippen molar-refractivity contribution in [2.45, 2.75) is 51.6 Å². The number of Topliss-reactive ketones (excluding diaryl/α,β-unsaturated/α-hetero) is 1. The molecule has 226 valence electrons. The lowest BCUT2D eigenvalue weighted by Gasteiger charge is -2.38. The molecule has 0 fully saturated rings. The van der Waals surface area contributed by atoms with Crippen molar-refractivity contribution in [3.05, 3.63) is 112 Å². The van der Waals surface area contributed by atoms with Gasteiger partial charge < -0.3 is 9.47 Å². The number of nitro benzene ring substituents is 1. The maximum Gasteiger partial charge on any atom is 0.421 e. The standard InChI is InChI=1S/C36H32N2O6Si/c1-45(2,3)23-12-5-4-9-19-32-29-17-13-20-34(39)35(29)30-22-21-28(43-25-26-14-10-11-18-31(26)38(41)42)24-33(30)37(32)36(40)44-27-15-7-6-8-16-27/h4-8,10-11,14-16,18,21-22,24,32H,13,17,20,25H2,1-3H3. The second-order valence-corrected chi connectivity index (χ2v) is 16.4. The zero-order valence-electron chi connectivity index (χ0n) is 25.3. The third-order valence-corrected chi connectivity index (χ3v) is 8.08. The Bertz CT molecular complexity index is 1830. The normalized spacial score (nSPS) is 15.7. The van der Waals surface area contributed by atoms with Gasteiger partial charge in [0.25, 0.3) is 5.69 Å². The van der Waals surface area contributed by atoms with Gasteiger partial charge in [0.2, 0.25) is 0 Å². The number of para-hydroxylation sites is 2. The molecule has 8 nitrogen and oxygen atoms in total. The number of carbonyl (C=O) groups excluding carboxylic acids is 2. The van der Waals surface area contributed by atoms with Gasteiger partial charge in [-0.2, -0.15) is 0 Å². The topological polar surface area (TPSA) is 99.0 Å². The fraction of sp³-hybridized carbons (Fsp3) is 0.222. The van der Waals surface area contributed by atoms with Gasteiger partial charge in [0.05, 0.1) is 16.2 Å². The van der Waals surface area contributed by atoms with Crippen LogP contribution in [-0.4, -0.2) is 30.9 Å². The zero-order chi connectivity index (χ0) is 32.0. The molecular weight excluding hydrogens is 584 g/mol. The van der Waals surface area contributed by atoms with E-state index in [9.17, 15) is 19.7 Å². The molecule has 5 rings (SSSR count). The van der Waals surface area contributed by atoms with E-state index < -0.39 is 25.1 Å². The van der Waals surface area contributed by atoms with Crippen LogP contribution in [0.4, 0.5) is 16.2 Å². The van der Waals surface area contributed by atoms with Gasteiger partial charge in [-0.3, -0.25) is 19.8 Å². The molecule has 0 N–H and O–H groups in total. The molecule has 2 aliphatic rings. The van der Waals surface area contributed by atoms with Crippen molar-refractivity contribution in [2.24, 2.45) is 0 Å². The molecule has 1 atom stereocenters. The van der Waals surface area contributed by atoms with Crippen LogP contribution in [0.3, 0.4) is 0 Å². The van der Waals surface area contributed by atoms with Crippen LogP contribution < -0.4 is 14.4 Å². The molecule has 1 heterocycles. The van der Waals surface area contributed by atoms with Crippen LogP contribution in [0.15, 0.2) is 90.5 Å². The number of anilines is 1. The van der Waals surface area contributed by atoms with Crippen molar-refractivity contribution in [1.29, 1.82) is 0 Å². The highest BCUT2D eigenvalue weighted by molar-refractivity contribution is 6.83. The largest absolute Gasteiger partial charge is 0.489 e. The minimum Gasteiger partial charge on any atom is -0.489 e. The number of rotatable bonds is 5. The number of benzene rings is 3. The second-order valence-electron chi connectivity index (χ2n) is 11.6. The highest BCUT2D eigenvalue weighted by atomic mass is 28.3. The summed E-state index contributed by atoms with van der Waals surface area (Å²) in [7, 11) is -1.55. The maximum absolute atomic E-state index is 13.9. The van der Waals surface area contributed by atoms with Crippen molar-refractivity contribution < 1.29 is 24.0 Å². The Morgan fingerprint density at radius 3 is 2.49 bits per heavy atom. The average molecular weight is 617 g/mol. The Labute approximate surface area is 263 Å². The molecule has 0 saturated heterocycles. The van der Waals surface area contributed by atoms with Gasteiger partial charge in [-0.1, -0.05) is 67.7 Å². The lowest BCUT2D eigenvalue weighted by atomic mass is 9.79. The number of allylic oxidation sites excluding steroid dienone is 3. The maximum atomic E-state index is 13.9. The predicted molar refractivity (Wildman–Crippen MR) is 176 cm³/mol. The number of hydrogen-bond acceptors (Lipinski definition) is 6. The van der Waals surface area contributed by atoms with E-state index in [1.54, 1.807) is 72.8 Å². The molecule has 1 unspecified atom stereocenters. The van der Waals surface area contributed by atoms with E-state index in [4.69, 9.17) is 9.47 Å². The molecule has 1 aliphatic carbocycles. The van der Waals surface area contributed by atoms with Gasteiger partial charge in [-0.15, -0.1) is 5.54 Å². The first-order valence-corrected chi connectivity index (χ1v) is 18.1. The first kappa shape index (κ1) is 31.1. The van der Waals surface area contributed by atoms with Gasteiger partial charge in [0, 0.05) is 29.7 Å². The van der Waals surface area contributed by atoms with Gasteiger partial charge in [0.1, 0.15) is 32.2 Å². The summed E-state index contributed by atoms with van der Waals surface area (Å²) in [6.07, 6.45) is 4.34. The fourth-order valence-corrected chi connectivity index (χ4v) is 5.72. The number of ketones is 1. The Hall–Kier alpha value is -5.38. The highest BCUT2D eigenvalue weighted by Gasteiger charge is 2.40. The molecule has 45 heavy (non-hydrogen) atoms. The number of amides is 1. The third kappa shape index (κ3) is 7.41. The van der Waals surface area contributed by atoms with E-state index in [2.05, 4.69) is 42.9 Å². The first-order chi connectivity index (χ1) is 21.6. The van der Waals surface area contributed by atoms with Crippen LogP contribution in [0.1, 0.15) is 30.4 Å². The molecule has 0 bridgehead atoms. The minimum absolute atomic E-state index is 0.00880. The Morgan fingerprint density at radius 2 is 1.73 bits per heavy atom. The summed E-state index contributed by atoms with van der Waals surface area (Å²) in [6, 6.07) is 19.4. The number of ether oxygens (including phenoxy) is 2. The molecule has 1 amide bonds. The van der Waals surface area contributed by atoms with Crippen molar-refractivity contribution in [3.63, 3.8) is 0 Å². The lowest BCUT2D eigenvalue weighted by Crippen LogP contribution is -2.46. The number of fused-ring (bicyclic) bond motifs is 2. The summed E-state index contributed by atoms with van der Waals surface area (Å²) in [5, 5.41) is 11.5. The molecule has 3 aromatic rings. The Kier molecular flexibility index (Phi) is 9.32. The average Bonchev–Trinajstić information content (AvgIpc) is 3.01. The third-order valence-electron chi connectivity index (χ3n) is 7.18. The SMILES string of the molecule is C[Si](C)(C)C#CC=CC#CC1C2=C(C(=O)CCC2)c2ccc(OCc3ccccc3[N+](=O)[O-])cc2N1C(=O)Oc1ccccc1. The summed E-state index contributed by atoms with van der Waals surface area (Å²) in [4.78, 5) is 39.8. The van der Waals surface area contributed by atoms with Gasteiger partial charge in [-0.05, 0) is 60.9 Å². The van der Waals surface area contributed by atoms with Crippen LogP contribution in [0, 0.1) is 33.4 Å². The summed E-state index contributed by atoms with van der Waals surface area (Å²) in [5.41, 5.74) is 5.95. The van der Waals surface area contributed by atoms with Crippen molar-refractivity contribution >= 4 is 36.9 Å². The number of nitrogens with zero attached hydrogens (tertiary/aromatic N) is 2. The number of carbonyl (C=O) groups is 2. The van der Waals surface area contributed by atoms with E-state index in [1.165, 1.54) is 11.0 Å². The van der Waals surface area contributed by atoms with E-state index >= 15 is 0 Å². The van der Waals surface area contributed by atoms with Gasteiger partial charge in [0.15, 0.2) is 5.78 Å². The van der Waals surface area contributed by atoms with Gasteiger partial charge >= 0.3 is 6.09 Å². The van der Waals surface area contributed by atoms with E-state index in [1.807, 2.05) is 6.07 Å². The molecule has 0 saturated carbocycles. The molecule has 0 spiro atoms. The lowest BCUT2D eigenvalue weighted by molar-refractivity contribution is -0.385. The van der Waals surface area contributed by atoms with Crippen molar-refractivity contribution in [1.82, 2.24) is 0 Å². The monoisotopic (exact) mass is 616 g/mol. The molecular formula is C36H32N2O6Si. The molecule has 3 aromatic carbocycles. The fourth-order valence-electron chi connectivity index (χ4n) is 5.21.